The van der Waals surface area contributed by atoms with Crippen molar-refractivity contribution in [3.05, 3.63) is 29.6 Å². The molecule has 0 aliphatic carbocycles. The number of halogens is 1. The molecule has 1 aliphatic heterocycles. The van der Waals surface area contributed by atoms with Gasteiger partial charge in [-0.2, -0.15) is 0 Å². The van der Waals surface area contributed by atoms with Gasteiger partial charge < -0.3 is 14.7 Å². The number of benzene rings is 1. The quantitative estimate of drug-likeness (QED) is 0.924. The molecule has 0 bridgehead atoms. The molecule has 1 aromatic rings. The second-order valence-corrected chi connectivity index (χ2v) is 5.30. The van der Waals surface area contributed by atoms with Gasteiger partial charge in [-0.1, -0.05) is 6.92 Å². The molecule has 1 aliphatic rings. The van der Waals surface area contributed by atoms with Gasteiger partial charge in [-0.15, -0.1) is 0 Å². The van der Waals surface area contributed by atoms with Gasteiger partial charge in [-0.25, -0.2) is 9.18 Å². The van der Waals surface area contributed by atoms with E-state index in [1.165, 1.54) is 6.07 Å². The summed E-state index contributed by atoms with van der Waals surface area (Å²) in [4.78, 5) is 24.4. The molecule has 1 N–H and O–H groups in total. The van der Waals surface area contributed by atoms with Crippen LogP contribution in [0.15, 0.2) is 18.2 Å². The van der Waals surface area contributed by atoms with E-state index < -0.39 is 17.3 Å². The van der Waals surface area contributed by atoms with Crippen molar-refractivity contribution in [2.24, 2.45) is 5.92 Å². The van der Waals surface area contributed by atoms with Gasteiger partial charge in [0.25, 0.3) is 5.91 Å². The van der Waals surface area contributed by atoms with Crippen LogP contribution < -0.4 is 4.74 Å². The molecule has 21 heavy (non-hydrogen) atoms. The predicted molar refractivity (Wildman–Crippen MR) is 73.8 cm³/mol. The lowest BCUT2D eigenvalue weighted by Crippen LogP contribution is -2.40. The van der Waals surface area contributed by atoms with Gasteiger partial charge in [0, 0.05) is 19.2 Å². The highest BCUT2D eigenvalue weighted by Gasteiger charge is 2.20. The first-order chi connectivity index (χ1) is 9.97. The minimum absolute atomic E-state index is 0.135. The molecule has 1 heterocycles. The minimum Gasteiger partial charge on any atom is -0.484 e. The minimum atomic E-state index is -1.34. The van der Waals surface area contributed by atoms with Crippen LogP contribution in [0.25, 0.3) is 0 Å². The fraction of sp³-hybridized carbons (Fsp3) is 0.467. The zero-order chi connectivity index (χ0) is 15.4. The summed E-state index contributed by atoms with van der Waals surface area (Å²) in [5.74, 6) is -1.56. The highest BCUT2D eigenvalue weighted by molar-refractivity contribution is 5.88. The number of nitrogens with zero attached hydrogens (tertiary/aromatic N) is 1. The van der Waals surface area contributed by atoms with E-state index in [9.17, 15) is 14.0 Å². The Hall–Kier alpha value is -2.11. The van der Waals surface area contributed by atoms with E-state index in [2.05, 4.69) is 6.92 Å². The Morgan fingerprint density at radius 1 is 1.38 bits per heavy atom. The number of carbonyl (C=O) groups is 2. The van der Waals surface area contributed by atoms with Crippen LogP contribution in [-0.2, 0) is 4.79 Å². The molecule has 114 valence electrons. The van der Waals surface area contributed by atoms with Gasteiger partial charge in [-0.05, 0) is 30.9 Å². The molecule has 0 saturated carbocycles. The molecule has 2 rings (SSSR count). The number of amides is 1. The van der Waals surface area contributed by atoms with E-state index in [1.807, 2.05) is 0 Å². The smallest absolute Gasteiger partial charge is 0.338 e. The topological polar surface area (TPSA) is 66.8 Å². The maximum absolute atomic E-state index is 13.5. The molecule has 1 fully saturated rings. The number of likely N-dealkylation sites (tertiary alicyclic amines) is 1. The lowest BCUT2D eigenvalue weighted by Gasteiger charge is -2.30. The number of carbonyl (C=O) groups excluding carboxylic acids is 1. The third-order valence-electron chi connectivity index (χ3n) is 3.67. The molecule has 0 radical (unpaired) electrons. The molecule has 5 nitrogen and oxygen atoms in total. The normalized spacial score (nSPS) is 15.8. The van der Waals surface area contributed by atoms with E-state index >= 15 is 0 Å². The van der Waals surface area contributed by atoms with Gasteiger partial charge in [0.1, 0.15) is 11.6 Å². The highest BCUT2D eigenvalue weighted by atomic mass is 19.1. The van der Waals surface area contributed by atoms with Crippen LogP contribution in [0.2, 0.25) is 0 Å². The number of ether oxygens (including phenoxy) is 1. The van der Waals surface area contributed by atoms with Crippen LogP contribution in [0.4, 0.5) is 4.39 Å². The van der Waals surface area contributed by atoms with Crippen molar-refractivity contribution in [2.75, 3.05) is 19.7 Å². The summed E-state index contributed by atoms with van der Waals surface area (Å²) in [6.07, 6.45) is 1.96. The Bertz CT molecular complexity index is 538. The molecule has 1 aromatic carbocycles. The van der Waals surface area contributed by atoms with Crippen LogP contribution in [0.1, 0.15) is 30.1 Å². The van der Waals surface area contributed by atoms with Crippen molar-refractivity contribution in [1.82, 2.24) is 4.90 Å². The Balaban J connectivity index is 1.89. The summed E-state index contributed by atoms with van der Waals surface area (Å²) < 4.78 is 18.7. The van der Waals surface area contributed by atoms with E-state index in [4.69, 9.17) is 9.84 Å². The van der Waals surface area contributed by atoms with Crippen LogP contribution in [0, 0.1) is 11.7 Å². The number of hydrogen-bond acceptors (Lipinski definition) is 3. The lowest BCUT2D eigenvalue weighted by molar-refractivity contribution is -0.134. The number of aromatic carboxylic acids is 1. The third kappa shape index (κ3) is 3.93. The first-order valence-corrected chi connectivity index (χ1v) is 6.91. The largest absolute Gasteiger partial charge is 0.484 e. The summed E-state index contributed by atoms with van der Waals surface area (Å²) in [5.41, 5.74) is -0.418. The summed E-state index contributed by atoms with van der Waals surface area (Å²) in [5, 5.41) is 8.72. The monoisotopic (exact) mass is 295 g/mol. The van der Waals surface area contributed by atoms with Gasteiger partial charge in [0.05, 0.1) is 5.56 Å². The fourth-order valence-electron chi connectivity index (χ4n) is 2.25. The average Bonchev–Trinajstić information content (AvgIpc) is 2.45. The van der Waals surface area contributed by atoms with E-state index in [-0.39, 0.29) is 18.3 Å². The molecule has 0 aromatic heterocycles. The standard InChI is InChI=1S/C15H18FNO4/c1-10-4-6-17(7-5-10)14(18)9-21-11-2-3-12(15(19)20)13(16)8-11/h2-3,8,10H,4-7,9H2,1H3,(H,19,20). The summed E-state index contributed by atoms with van der Waals surface area (Å²) in [6, 6.07) is 3.45. The van der Waals surface area contributed by atoms with Crippen molar-refractivity contribution < 1.29 is 23.8 Å². The molecule has 6 heteroatoms. The second-order valence-electron chi connectivity index (χ2n) is 5.30. The van der Waals surface area contributed by atoms with Gasteiger partial charge >= 0.3 is 5.97 Å². The van der Waals surface area contributed by atoms with E-state index in [0.29, 0.717) is 5.92 Å². The number of piperidine rings is 1. The second kappa shape index (κ2) is 6.56. The Kier molecular flexibility index (Phi) is 4.77. The maximum atomic E-state index is 13.5. The first-order valence-electron chi connectivity index (χ1n) is 6.91. The molecule has 0 unspecified atom stereocenters. The number of carboxylic acids is 1. The van der Waals surface area contributed by atoms with Gasteiger partial charge in [0.15, 0.2) is 6.61 Å². The summed E-state index contributed by atoms with van der Waals surface area (Å²) in [6.45, 7) is 3.43. The zero-order valence-corrected chi connectivity index (χ0v) is 11.8. The molecule has 1 amide bonds. The van der Waals surface area contributed by atoms with Gasteiger partial charge in [-0.3, -0.25) is 4.79 Å². The van der Waals surface area contributed by atoms with Crippen molar-refractivity contribution in [1.29, 1.82) is 0 Å². The van der Waals surface area contributed by atoms with E-state index in [0.717, 1.165) is 38.1 Å². The fourth-order valence-corrected chi connectivity index (χ4v) is 2.25. The molecular formula is C15H18FNO4. The molecule has 1 saturated heterocycles. The number of carboxylic acid groups (broad SMARTS) is 1. The molecule has 0 spiro atoms. The van der Waals surface area contributed by atoms with Crippen molar-refractivity contribution >= 4 is 11.9 Å². The average molecular weight is 295 g/mol. The zero-order valence-electron chi connectivity index (χ0n) is 11.8. The van der Waals surface area contributed by atoms with E-state index in [1.54, 1.807) is 4.90 Å². The molecule has 0 atom stereocenters. The Morgan fingerprint density at radius 3 is 2.62 bits per heavy atom. The summed E-state index contributed by atoms with van der Waals surface area (Å²) >= 11 is 0. The van der Waals surface area contributed by atoms with Crippen molar-refractivity contribution in [3.8, 4) is 5.75 Å². The van der Waals surface area contributed by atoms with Crippen molar-refractivity contribution in [2.45, 2.75) is 19.8 Å². The highest BCUT2D eigenvalue weighted by Crippen LogP contribution is 2.18. The molecular weight excluding hydrogens is 277 g/mol. The SMILES string of the molecule is CC1CCN(C(=O)COc2ccc(C(=O)O)c(F)c2)CC1. The summed E-state index contributed by atoms with van der Waals surface area (Å²) in [7, 11) is 0. The van der Waals surface area contributed by atoms with Crippen LogP contribution in [-0.4, -0.2) is 41.6 Å². The number of rotatable bonds is 4. The number of hydrogen-bond donors (Lipinski definition) is 1. The maximum Gasteiger partial charge on any atom is 0.338 e. The Morgan fingerprint density at radius 2 is 2.05 bits per heavy atom. The third-order valence-corrected chi connectivity index (χ3v) is 3.67. The van der Waals surface area contributed by atoms with Crippen LogP contribution in [0.3, 0.4) is 0 Å². The Labute approximate surface area is 122 Å². The van der Waals surface area contributed by atoms with Crippen LogP contribution >= 0.6 is 0 Å². The lowest BCUT2D eigenvalue weighted by atomic mass is 9.99. The predicted octanol–water partition coefficient (Wildman–Crippen LogP) is 2.16. The van der Waals surface area contributed by atoms with Gasteiger partial charge in [0.2, 0.25) is 0 Å². The first kappa shape index (κ1) is 15.3. The van der Waals surface area contributed by atoms with Crippen LogP contribution in [0.5, 0.6) is 5.75 Å². The van der Waals surface area contributed by atoms with Crippen molar-refractivity contribution in [3.63, 3.8) is 0 Å².